The van der Waals surface area contributed by atoms with E-state index in [1.54, 1.807) is 6.92 Å². The molecule has 0 aromatic carbocycles. The summed E-state index contributed by atoms with van der Waals surface area (Å²) in [4.78, 5) is 5.79. The molecule has 2 aromatic heterocycles. The number of halogens is 1. The first-order valence-corrected chi connectivity index (χ1v) is 9.80. The molecule has 0 saturated heterocycles. The molecule has 1 saturated carbocycles. The predicted molar refractivity (Wildman–Crippen MR) is 95.7 cm³/mol. The Labute approximate surface area is 142 Å². The van der Waals surface area contributed by atoms with Gasteiger partial charge in [0.05, 0.1) is 24.3 Å². The van der Waals surface area contributed by atoms with E-state index in [1.807, 2.05) is 37.7 Å². The van der Waals surface area contributed by atoms with E-state index in [4.69, 9.17) is 0 Å². The average molecular weight is 335 g/mol. The van der Waals surface area contributed by atoms with E-state index in [2.05, 4.69) is 21.0 Å². The van der Waals surface area contributed by atoms with Gasteiger partial charge >= 0.3 is 0 Å². The fraction of sp³-hybridized carbons (Fsp3) is 0.632. The van der Waals surface area contributed by atoms with Crippen LogP contribution < -0.4 is 0 Å². The number of hydrogen-bond acceptors (Lipinski definition) is 2. The van der Waals surface area contributed by atoms with E-state index in [1.165, 1.54) is 22.6 Å². The molecule has 1 aliphatic carbocycles. The number of imidazole rings is 1. The molecule has 4 rings (SSSR count). The number of rotatable bonds is 3. The Morgan fingerprint density at radius 1 is 1.30 bits per heavy atom. The van der Waals surface area contributed by atoms with Gasteiger partial charge in [0, 0.05) is 10.4 Å². The zero-order valence-corrected chi connectivity index (χ0v) is 15.2. The standard InChI is InChI=1S/C17H21FN2S.C2H6/c1-17(18)7-4-12(5-8-17)2-3-14-16-13(6-9-21-16)15-10-19-11-20(14)15;1-2/h6,9-12,14H,2-5,7-8H2,1H3;1-2H3. The SMILES string of the molecule is CC.CC1(F)CCC(CCC2c3sccc3-c3cncn32)CC1. The summed E-state index contributed by atoms with van der Waals surface area (Å²) in [6.07, 6.45) is 9.88. The maximum Gasteiger partial charge on any atom is 0.108 e. The van der Waals surface area contributed by atoms with Crippen molar-refractivity contribution in [2.24, 2.45) is 5.92 Å². The highest BCUT2D eigenvalue weighted by Gasteiger charge is 2.33. The fourth-order valence-corrected chi connectivity index (χ4v) is 4.95. The lowest BCUT2D eigenvalue weighted by Gasteiger charge is -2.31. The largest absolute Gasteiger partial charge is 0.322 e. The number of alkyl halides is 1. The number of nitrogens with zero attached hydrogens (tertiary/aromatic N) is 2. The molecule has 2 aromatic rings. The van der Waals surface area contributed by atoms with Crippen LogP contribution in [-0.2, 0) is 0 Å². The Kier molecular flexibility index (Phi) is 4.90. The van der Waals surface area contributed by atoms with Crippen molar-refractivity contribution < 1.29 is 4.39 Å². The van der Waals surface area contributed by atoms with Crippen molar-refractivity contribution in [2.45, 2.75) is 71.0 Å². The van der Waals surface area contributed by atoms with E-state index in [-0.39, 0.29) is 0 Å². The molecule has 1 atom stereocenters. The lowest BCUT2D eigenvalue weighted by molar-refractivity contribution is 0.0993. The van der Waals surface area contributed by atoms with Gasteiger partial charge in [-0.1, -0.05) is 13.8 Å². The molecule has 1 aliphatic heterocycles. The van der Waals surface area contributed by atoms with E-state index in [0.717, 1.165) is 32.1 Å². The lowest BCUT2D eigenvalue weighted by atomic mass is 9.78. The van der Waals surface area contributed by atoms with E-state index in [9.17, 15) is 4.39 Å². The number of aromatic nitrogens is 2. The third-order valence-electron chi connectivity index (χ3n) is 5.27. The van der Waals surface area contributed by atoms with Gasteiger partial charge in [0.2, 0.25) is 0 Å². The minimum atomic E-state index is -0.914. The highest BCUT2D eigenvalue weighted by Crippen LogP contribution is 2.46. The van der Waals surface area contributed by atoms with E-state index in [0.29, 0.717) is 12.0 Å². The van der Waals surface area contributed by atoms with Crippen LogP contribution in [0.5, 0.6) is 0 Å². The van der Waals surface area contributed by atoms with Crippen molar-refractivity contribution in [1.82, 2.24) is 9.55 Å². The summed E-state index contributed by atoms with van der Waals surface area (Å²) in [5.74, 6) is 0.699. The van der Waals surface area contributed by atoms with Crippen LogP contribution in [0.15, 0.2) is 24.0 Å². The predicted octanol–water partition coefficient (Wildman–Crippen LogP) is 6.24. The van der Waals surface area contributed by atoms with Crippen LogP contribution in [-0.4, -0.2) is 15.2 Å². The Balaban J connectivity index is 0.000000753. The van der Waals surface area contributed by atoms with Gasteiger partial charge < -0.3 is 4.57 Å². The van der Waals surface area contributed by atoms with Gasteiger partial charge in [-0.25, -0.2) is 9.37 Å². The molecular formula is C19H27FN2S. The topological polar surface area (TPSA) is 17.8 Å². The number of thiophene rings is 1. The molecule has 0 amide bonds. The second-order valence-electron chi connectivity index (χ2n) is 6.83. The van der Waals surface area contributed by atoms with Gasteiger partial charge in [-0.2, -0.15) is 0 Å². The van der Waals surface area contributed by atoms with Crippen molar-refractivity contribution in [3.8, 4) is 11.3 Å². The Morgan fingerprint density at radius 3 is 2.78 bits per heavy atom. The minimum Gasteiger partial charge on any atom is -0.322 e. The summed E-state index contributed by atoms with van der Waals surface area (Å²) in [6.45, 7) is 5.76. The van der Waals surface area contributed by atoms with Gasteiger partial charge in [0.15, 0.2) is 0 Å². The first kappa shape index (κ1) is 16.7. The van der Waals surface area contributed by atoms with Gasteiger partial charge in [-0.05, 0) is 62.8 Å². The third kappa shape index (κ3) is 3.23. The van der Waals surface area contributed by atoms with Crippen molar-refractivity contribution >= 4 is 11.3 Å². The van der Waals surface area contributed by atoms with Crippen LogP contribution in [0.1, 0.15) is 70.2 Å². The fourth-order valence-electron chi connectivity index (χ4n) is 3.91. The lowest BCUT2D eigenvalue weighted by Crippen LogP contribution is -2.26. The minimum absolute atomic E-state index is 0.455. The van der Waals surface area contributed by atoms with E-state index >= 15 is 0 Å². The second-order valence-corrected chi connectivity index (χ2v) is 7.78. The molecule has 2 aliphatic rings. The number of fused-ring (bicyclic) bond motifs is 3. The van der Waals surface area contributed by atoms with Crippen LogP contribution in [0.3, 0.4) is 0 Å². The molecule has 1 fully saturated rings. The summed E-state index contributed by atoms with van der Waals surface area (Å²) in [6, 6.07) is 2.67. The van der Waals surface area contributed by atoms with Crippen LogP contribution in [0, 0.1) is 5.92 Å². The first-order valence-electron chi connectivity index (χ1n) is 8.92. The van der Waals surface area contributed by atoms with Gasteiger partial charge in [-0.3, -0.25) is 0 Å². The van der Waals surface area contributed by atoms with Crippen molar-refractivity contribution in [3.05, 3.63) is 28.8 Å². The molecule has 0 N–H and O–H groups in total. The Morgan fingerprint density at radius 2 is 2.04 bits per heavy atom. The summed E-state index contributed by atoms with van der Waals surface area (Å²) in [7, 11) is 0. The van der Waals surface area contributed by atoms with Gasteiger partial charge in [0.1, 0.15) is 5.67 Å². The molecule has 126 valence electrons. The van der Waals surface area contributed by atoms with Crippen LogP contribution in [0.25, 0.3) is 11.3 Å². The molecular weight excluding hydrogens is 307 g/mol. The molecule has 0 bridgehead atoms. The van der Waals surface area contributed by atoms with Crippen molar-refractivity contribution in [1.29, 1.82) is 0 Å². The Hall–Kier alpha value is -1.16. The van der Waals surface area contributed by atoms with Gasteiger partial charge in [0.25, 0.3) is 0 Å². The summed E-state index contributed by atoms with van der Waals surface area (Å²) < 4.78 is 16.2. The molecule has 3 heterocycles. The quantitative estimate of drug-likeness (QED) is 0.649. The normalized spacial score (nSPS) is 28.7. The average Bonchev–Trinajstić information content (AvgIpc) is 3.23. The molecule has 0 spiro atoms. The maximum atomic E-state index is 13.9. The summed E-state index contributed by atoms with van der Waals surface area (Å²) in [5.41, 5.74) is 1.71. The zero-order chi connectivity index (χ0) is 16.4. The molecule has 0 radical (unpaired) electrons. The third-order valence-corrected chi connectivity index (χ3v) is 6.29. The summed E-state index contributed by atoms with van der Waals surface area (Å²) in [5, 5.41) is 2.18. The summed E-state index contributed by atoms with van der Waals surface area (Å²) >= 11 is 1.86. The maximum absolute atomic E-state index is 13.9. The highest BCUT2D eigenvalue weighted by atomic mass is 32.1. The molecule has 23 heavy (non-hydrogen) atoms. The zero-order valence-electron chi connectivity index (χ0n) is 14.4. The smallest absolute Gasteiger partial charge is 0.108 e. The monoisotopic (exact) mass is 334 g/mol. The van der Waals surface area contributed by atoms with Crippen LogP contribution >= 0.6 is 11.3 Å². The van der Waals surface area contributed by atoms with Gasteiger partial charge in [-0.15, -0.1) is 11.3 Å². The van der Waals surface area contributed by atoms with Crippen molar-refractivity contribution in [3.63, 3.8) is 0 Å². The molecule has 4 heteroatoms. The highest BCUT2D eigenvalue weighted by molar-refractivity contribution is 7.10. The Bertz CT molecular complexity index is 593. The van der Waals surface area contributed by atoms with Crippen molar-refractivity contribution in [2.75, 3.05) is 0 Å². The van der Waals surface area contributed by atoms with Crippen LogP contribution in [0.2, 0.25) is 0 Å². The van der Waals surface area contributed by atoms with Crippen LogP contribution in [0.4, 0.5) is 4.39 Å². The molecule has 2 nitrogen and oxygen atoms in total. The number of hydrogen-bond donors (Lipinski definition) is 0. The second kappa shape index (κ2) is 6.76. The van der Waals surface area contributed by atoms with E-state index < -0.39 is 5.67 Å². The molecule has 1 unspecified atom stereocenters. The first-order chi connectivity index (χ1) is 11.1.